The molecule has 1 aliphatic rings. The van der Waals surface area contributed by atoms with Gasteiger partial charge in [0.25, 0.3) is 6.01 Å². The van der Waals surface area contributed by atoms with Gasteiger partial charge in [0.05, 0.1) is 7.11 Å². The maximum atomic E-state index is 5.79. The molecule has 3 heterocycles. The molecule has 0 radical (unpaired) electrons. The fourth-order valence-corrected chi connectivity index (χ4v) is 4.20. The van der Waals surface area contributed by atoms with Crippen LogP contribution in [0.1, 0.15) is 11.3 Å². The molecule has 0 amide bonds. The number of oxazole rings is 1. The van der Waals surface area contributed by atoms with Gasteiger partial charge in [-0.25, -0.2) is 0 Å². The summed E-state index contributed by atoms with van der Waals surface area (Å²) in [7, 11) is 7.75. The number of hydrogen-bond acceptors (Lipinski definition) is 5. The van der Waals surface area contributed by atoms with E-state index in [2.05, 4.69) is 45.8 Å². The normalized spacial score (nSPS) is 13.9. The number of aromatic nitrogens is 2. The highest BCUT2D eigenvalue weighted by Gasteiger charge is 2.24. The highest BCUT2D eigenvalue weighted by molar-refractivity contribution is 5.88. The van der Waals surface area contributed by atoms with Gasteiger partial charge >= 0.3 is 0 Å². The van der Waals surface area contributed by atoms with Gasteiger partial charge in [-0.3, -0.25) is 0 Å². The van der Waals surface area contributed by atoms with Crippen LogP contribution >= 0.6 is 0 Å². The Morgan fingerprint density at radius 2 is 2.00 bits per heavy atom. The lowest BCUT2D eigenvalue weighted by molar-refractivity contribution is 0.415. The van der Waals surface area contributed by atoms with E-state index >= 15 is 0 Å². The number of hydrogen-bond donors (Lipinski definition) is 0. The van der Waals surface area contributed by atoms with Gasteiger partial charge < -0.3 is 23.5 Å². The van der Waals surface area contributed by atoms with E-state index in [0.717, 1.165) is 36.4 Å². The molecular formula is C22H24N4O2. The number of methoxy groups -OCH3 is 1. The third-order valence-electron chi connectivity index (χ3n) is 5.72. The predicted octanol–water partition coefficient (Wildman–Crippen LogP) is 3.96. The van der Waals surface area contributed by atoms with Crippen LogP contribution < -0.4 is 14.5 Å². The summed E-state index contributed by atoms with van der Waals surface area (Å²) >= 11 is 0. The summed E-state index contributed by atoms with van der Waals surface area (Å²) in [6.07, 6.45) is 1.02. The molecule has 0 atom stereocenters. The molecule has 5 rings (SSSR count). The molecule has 0 spiro atoms. The molecule has 6 heteroatoms. The minimum Gasteiger partial charge on any atom is -0.497 e. The topological polar surface area (TPSA) is 46.7 Å². The number of ether oxygens (including phenoxy) is 1. The molecule has 28 heavy (non-hydrogen) atoms. The van der Waals surface area contributed by atoms with Gasteiger partial charge in [-0.2, -0.15) is 4.98 Å². The highest BCUT2D eigenvalue weighted by atomic mass is 16.5. The summed E-state index contributed by atoms with van der Waals surface area (Å²) in [6, 6.07) is 13.3. The van der Waals surface area contributed by atoms with Crippen molar-refractivity contribution in [2.45, 2.75) is 13.0 Å². The van der Waals surface area contributed by atoms with Crippen LogP contribution in [-0.2, 0) is 20.0 Å². The molecule has 6 nitrogen and oxygen atoms in total. The van der Waals surface area contributed by atoms with Crippen LogP contribution in [0.15, 0.2) is 40.8 Å². The van der Waals surface area contributed by atoms with Crippen LogP contribution in [0.25, 0.3) is 22.0 Å². The minimum absolute atomic E-state index is 0.634. The van der Waals surface area contributed by atoms with E-state index in [-0.39, 0.29) is 0 Å². The van der Waals surface area contributed by atoms with E-state index in [0.29, 0.717) is 6.01 Å². The molecule has 2 aromatic carbocycles. The molecule has 2 aromatic heterocycles. The molecular weight excluding hydrogens is 352 g/mol. The Labute approximate surface area is 163 Å². The largest absolute Gasteiger partial charge is 0.497 e. The van der Waals surface area contributed by atoms with E-state index in [4.69, 9.17) is 9.15 Å². The molecule has 0 fully saturated rings. The van der Waals surface area contributed by atoms with Crippen molar-refractivity contribution in [1.29, 1.82) is 0 Å². The smallest absolute Gasteiger partial charge is 0.297 e. The maximum absolute atomic E-state index is 5.79. The molecule has 4 aromatic rings. The first-order valence-corrected chi connectivity index (χ1v) is 9.52. The Balaban J connectivity index is 1.54. The summed E-state index contributed by atoms with van der Waals surface area (Å²) in [5.41, 5.74) is 6.95. The lowest BCUT2D eigenvalue weighted by Crippen LogP contribution is -2.30. The van der Waals surface area contributed by atoms with Crippen LogP contribution in [0.2, 0.25) is 0 Å². The Bertz CT molecular complexity index is 1190. The van der Waals surface area contributed by atoms with Crippen molar-refractivity contribution in [3.05, 3.63) is 47.7 Å². The monoisotopic (exact) mass is 376 g/mol. The van der Waals surface area contributed by atoms with E-state index < -0.39 is 0 Å². The summed E-state index contributed by atoms with van der Waals surface area (Å²) < 4.78 is 13.6. The van der Waals surface area contributed by atoms with Crippen molar-refractivity contribution in [2.75, 3.05) is 37.5 Å². The van der Waals surface area contributed by atoms with Gasteiger partial charge in [-0.15, -0.1) is 0 Å². The first kappa shape index (κ1) is 17.0. The summed E-state index contributed by atoms with van der Waals surface area (Å²) in [5, 5.41) is 1.28. The summed E-state index contributed by atoms with van der Waals surface area (Å²) in [4.78, 5) is 8.91. The highest BCUT2D eigenvalue weighted by Crippen LogP contribution is 2.35. The van der Waals surface area contributed by atoms with Crippen LogP contribution in [0, 0.1) is 0 Å². The van der Waals surface area contributed by atoms with E-state index in [1.807, 2.05) is 31.1 Å². The van der Waals surface area contributed by atoms with Gasteiger partial charge in [0.15, 0.2) is 5.58 Å². The SMILES string of the molecule is COc1ccc2c(c1)c1c(n2C)CCN(c2ccc3oc(N(C)C)nc3c2)C1. The van der Waals surface area contributed by atoms with E-state index in [1.165, 1.54) is 27.8 Å². The fourth-order valence-electron chi connectivity index (χ4n) is 4.20. The van der Waals surface area contributed by atoms with Crippen molar-refractivity contribution in [3.63, 3.8) is 0 Å². The zero-order valence-electron chi connectivity index (χ0n) is 16.7. The average molecular weight is 376 g/mol. The minimum atomic E-state index is 0.634. The standard InChI is InChI=1S/C22H24N4O2/c1-24(2)22-23-18-11-14(5-8-21(18)28-22)26-10-9-20-17(13-26)16-12-15(27-4)6-7-19(16)25(20)3/h5-8,11-12H,9-10,13H2,1-4H3. The van der Waals surface area contributed by atoms with E-state index in [9.17, 15) is 0 Å². The molecule has 144 valence electrons. The molecule has 0 saturated carbocycles. The predicted molar refractivity (Wildman–Crippen MR) is 113 cm³/mol. The van der Waals surface area contributed by atoms with Gasteiger partial charge in [0.2, 0.25) is 0 Å². The number of anilines is 2. The van der Waals surface area contributed by atoms with Gasteiger partial charge in [-0.05, 0) is 36.4 Å². The van der Waals surface area contributed by atoms with Crippen molar-refractivity contribution in [2.24, 2.45) is 7.05 Å². The first-order chi connectivity index (χ1) is 13.5. The van der Waals surface area contributed by atoms with Gasteiger partial charge in [0.1, 0.15) is 11.3 Å². The first-order valence-electron chi connectivity index (χ1n) is 9.52. The average Bonchev–Trinajstić information content (AvgIpc) is 3.27. The van der Waals surface area contributed by atoms with Crippen LogP contribution in [0.5, 0.6) is 5.75 Å². The van der Waals surface area contributed by atoms with Gasteiger partial charge in [-0.1, -0.05) is 0 Å². The Morgan fingerprint density at radius 1 is 1.14 bits per heavy atom. The van der Waals surface area contributed by atoms with Crippen molar-refractivity contribution in [3.8, 4) is 5.75 Å². The fraction of sp³-hybridized carbons (Fsp3) is 0.318. The van der Waals surface area contributed by atoms with Crippen molar-refractivity contribution < 1.29 is 9.15 Å². The number of benzene rings is 2. The molecule has 0 unspecified atom stereocenters. The number of fused-ring (bicyclic) bond motifs is 4. The third-order valence-corrected chi connectivity index (χ3v) is 5.72. The lowest BCUT2D eigenvalue weighted by atomic mass is 10.0. The summed E-state index contributed by atoms with van der Waals surface area (Å²) in [5.74, 6) is 0.901. The quantitative estimate of drug-likeness (QED) is 0.542. The zero-order chi connectivity index (χ0) is 19.4. The Morgan fingerprint density at radius 3 is 2.79 bits per heavy atom. The lowest BCUT2D eigenvalue weighted by Gasteiger charge is -2.29. The summed E-state index contributed by atoms with van der Waals surface area (Å²) in [6.45, 7) is 1.86. The number of nitrogens with zero attached hydrogens (tertiary/aromatic N) is 4. The molecule has 0 saturated heterocycles. The Hall–Kier alpha value is -3.15. The van der Waals surface area contributed by atoms with E-state index in [1.54, 1.807) is 7.11 Å². The number of aryl methyl sites for hydroxylation is 1. The van der Waals surface area contributed by atoms with Crippen molar-refractivity contribution in [1.82, 2.24) is 9.55 Å². The second kappa shape index (κ2) is 6.19. The van der Waals surface area contributed by atoms with Crippen LogP contribution in [0.3, 0.4) is 0 Å². The van der Waals surface area contributed by atoms with Crippen LogP contribution in [0.4, 0.5) is 11.7 Å². The third kappa shape index (κ3) is 2.52. The number of rotatable bonds is 3. The molecule has 1 aliphatic heterocycles. The van der Waals surface area contributed by atoms with Gasteiger partial charge in [0, 0.05) is 68.5 Å². The second-order valence-electron chi connectivity index (χ2n) is 7.58. The van der Waals surface area contributed by atoms with Crippen LogP contribution in [-0.4, -0.2) is 37.3 Å². The molecule has 0 aliphatic carbocycles. The second-order valence-corrected chi connectivity index (χ2v) is 7.58. The zero-order valence-corrected chi connectivity index (χ0v) is 16.7. The Kier molecular flexibility index (Phi) is 3.75. The molecule has 0 N–H and O–H groups in total. The molecule has 0 bridgehead atoms. The van der Waals surface area contributed by atoms with Crippen molar-refractivity contribution >= 4 is 33.7 Å². The maximum Gasteiger partial charge on any atom is 0.297 e.